The van der Waals surface area contributed by atoms with Crippen LogP contribution in [0.4, 0.5) is 11.6 Å². The van der Waals surface area contributed by atoms with Gasteiger partial charge in [-0.1, -0.05) is 47.6 Å². The van der Waals surface area contributed by atoms with Gasteiger partial charge in [0, 0.05) is 34.5 Å². The third-order valence-corrected chi connectivity index (χ3v) is 6.72. The molecule has 0 bridgehead atoms. The van der Waals surface area contributed by atoms with E-state index in [1.165, 1.54) is 17.8 Å². The zero-order chi connectivity index (χ0) is 22.2. The molecule has 0 fully saturated rings. The molecule has 1 unspecified atom stereocenters. The van der Waals surface area contributed by atoms with Crippen LogP contribution in [0, 0.1) is 10.1 Å². The average molecular weight is 468 g/mol. The molecule has 0 saturated heterocycles. The Balaban J connectivity index is 1.55. The van der Waals surface area contributed by atoms with Crippen LogP contribution >= 0.6 is 23.4 Å². The molecule has 0 saturated carbocycles. The number of thioether (sulfide) groups is 1. The summed E-state index contributed by atoms with van der Waals surface area (Å²) in [5.41, 5.74) is 2.78. The molecule has 2 aromatic carbocycles. The number of ketones is 1. The van der Waals surface area contributed by atoms with Gasteiger partial charge in [-0.2, -0.15) is 4.98 Å². The summed E-state index contributed by atoms with van der Waals surface area (Å²) in [6, 6.07) is 13.4. The van der Waals surface area contributed by atoms with E-state index in [1.807, 2.05) is 24.3 Å². The van der Waals surface area contributed by atoms with Gasteiger partial charge >= 0.3 is 0 Å². The monoisotopic (exact) mass is 467 g/mol. The number of Topliss-reactive ketones (excluding diaryl/α,β-unsaturated/α-hetero) is 1. The highest BCUT2D eigenvalue weighted by Crippen LogP contribution is 2.43. The predicted molar refractivity (Wildman–Crippen MR) is 122 cm³/mol. The van der Waals surface area contributed by atoms with Crippen molar-refractivity contribution in [2.24, 2.45) is 0 Å². The van der Waals surface area contributed by atoms with E-state index >= 15 is 0 Å². The van der Waals surface area contributed by atoms with E-state index in [9.17, 15) is 14.9 Å². The molecule has 0 spiro atoms. The van der Waals surface area contributed by atoms with Crippen LogP contribution in [-0.4, -0.2) is 25.5 Å². The number of hydrogen-bond acceptors (Lipinski definition) is 7. The lowest BCUT2D eigenvalue weighted by molar-refractivity contribution is -0.385. The number of carbonyl (C=O) groups excluding carboxylic acids is 1. The number of nitro groups is 1. The highest BCUT2D eigenvalue weighted by atomic mass is 35.5. The molecule has 1 atom stereocenters. The smallest absolute Gasteiger partial charge is 0.275 e. The predicted octanol–water partition coefficient (Wildman–Crippen LogP) is 5.15. The number of aromatic nitrogens is 3. The van der Waals surface area contributed by atoms with Crippen LogP contribution in [0.1, 0.15) is 36.4 Å². The lowest BCUT2D eigenvalue weighted by Crippen LogP contribution is -2.31. The van der Waals surface area contributed by atoms with Gasteiger partial charge < -0.3 is 5.32 Å². The van der Waals surface area contributed by atoms with Crippen molar-refractivity contribution < 1.29 is 9.72 Å². The molecular weight excluding hydrogens is 450 g/mol. The fraction of sp³-hybridized carbons (Fsp3) is 0.227. The first-order valence-electron chi connectivity index (χ1n) is 10.1. The number of rotatable bonds is 5. The fourth-order valence-electron chi connectivity index (χ4n) is 4.10. The van der Waals surface area contributed by atoms with Crippen LogP contribution in [0.5, 0.6) is 0 Å². The third-order valence-electron chi connectivity index (χ3n) is 5.56. The van der Waals surface area contributed by atoms with E-state index in [4.69, 9.17) is 11.6 Å². The van der Waals surface area contributed by atoms with Crippen molar-refractivity contribution >= 4 is 40.8 Å². The van der Waals surface area contributed by atoms with Crippen molar-refractivity contribution in [3.63, 3.8) is 0 Å². The standard InChI is InChI=1S/C22H18ClN5O3S/c23-14-10-8-13(9-11-14)12-32-22-25-21-24-16-5-3-7-18(29)19(16)20(27(21)26-22)15-4-1-2-6-17(15)28(30)31/h1-2,4,6,8-11,20H,3,5,7,12H2,(H,24,25,26). The van der Waals surface area contributed by atoms with Crippen LogP contribution in [0.25, 0.3) is 0 Å². The van der Waals surface area contributed by atoms with Crippen molar-refractivity contribution in [2.75, 3.05) is 5.32 Å². The minimum atomic E-state index is -0.687. The first-order valence-corrected chi connectivity index (χ1v) is 11.5. The van der Waals surface area contributed by atoms with Gasteiger partial charge in [0.2, 0.25) is 11.1 Å². The number of nitro benzene ring substituents is 1. The van der Waals surface area contributed by atoms with Crippen LogP contribution in [0.3, 0.4) is 0 Å². The van der Waals surface area contributed by atoms with Gasteiger partial charge in [-0.25, -0.2) is 4.68 Å². The molecule has 32 heavy (non-hydrogen) atoms. The Labute approximate surface area is 192 Å². The maximum atomic E-state index is 12.9. The first kappa shape index (κ1) is 20.7. The summed E-state index contributed by atoms with van der Waals surface area (Å²) in [5, 5.41) is 20.8. The second kappa shape index (κ2) is 8.40. The molecule has 3 aromatic rings. The van der Waals surface area contributed by atoms with Crippen molar-refractivity contribution in [2.45, 2.75) is 36.2 Å². The Bertz CT molecular complexity index is 1250. The Morgan fingerprint density at radius 3 is 2.75 bits per heavy atom. The number of nitrogens with zero attached hydrogens (tertiary/aromatic N) is 4. The summed E-state index contributed by atoms with van der Waals surface area (Å²) in [4.78, 5) is 28.8. The van der Waals surface area contributed by atoms with Gasteiger partial charge in [-0.3, -0.25) is 14.9 Å². The molecule has 1 N–H and O–H groups in total. The summed E-state index contributed by atoms with van der Waals surface area (Å²) in [7, 11) is 0. The molecule has 2 aliphatic rings. The number of carbonyl (C=O) groups is 1. The first-order chi connectivity index (χ1) is 15.5. The van der Waals surface area contributed by atoms with Crippen LogP contribution < -0.4 is 5.32 Å². The number of halogens is 1. The van der Waals surface area contributed by atoms with Crippen molar-refractivity contribution in [1.29, 1.82) is 0 Å². The summed E-state index contributed by atoms with van der Waals surface area (Å²) in [6.07, 6.45) is 1.85. The molecule has 2 heterocycles. The maximum absolute atomic E-state index is 12.9. The second-order valence-corrected chi connectivity index (χ2v) is 8.97. The Kier molecular flexibility index (Phi) is 5.44. The molecule has 8 nitrogen and oxygen atoms in total. The fourth-order valence-corrected chi connectivity index (χ4v) is 5.01. The largest absolute Gasteiger partial charge is 0.328 e. The topological polar surface area (TPSA) is 103 Å². The normalized spacial score (nSPS) is 17.5. The van der Waals surface area contributed by atoms with E-state index in [2.05, 4.69) is 15.4 Å². The molecule has 0 amide bonds. The molecule has 0 radical (unpaired) electrons. The van der Waals surface area contributed by atoms with E-state index in [0.29, 0.717) is 45.9 Å². The number of hydrogen-bond donors (Lipinski definition) is 1. The second-order valence-electron chi connectivity index (χ2n) is 7.59. The van der Waals surface area contributed by atoms with Gasteiger partial charge in [0.1, 0.15) is 6.04 Å². The third kappa shape index (κ3) is 3.78. The van der Waals surface area contributed by atoms with Gasteiger partial charge in [0.05, 0.1) is 10.5 Å². The maximum Gasteiger partial charge on any atom is 0.275 e. The number of para-hydroxylation sites is 1. The SMILES string of the molecule is O=C1CCCC2=C1C(c1ccccc1[N+](=O)[O-])n1nc(SCc3ccc(Cl)cc3)nc1N2. The highest BCUT2D eigenvalue weighted by Gasteiger charge is 2.39. The van der Waals surface area contributed by atoms with E-state index in [1.54, 1.807) is 22.9 Å². The molecule has 1 aromatic heterocycles. The Morgan fingerprint density at radius 1 is 1.19 bits per heavy atom. The zero-order valence-electron chi connectivity index (χ0n) is 16.8. The van der Waals surface area contributed by atoms with Gasteiger partial charge in [0.15, 0.2) is 5.78 Å². The Hall–Kier alpha value is -3.17. The van der Waals surface area contributed by atoms with Gasteiger partial charge in [-0.15, -0.1) is 5.10 Å². The van der Waals surface area contributed by atoms with E-state index < -0.39 is 11.0 Å². The molecule has 5 rings (SSSR count). The van der Waals surface area contributed by atoms with Gasteiger partial charge in [-0.05, 0) is 36.6 Å². The van der Waals surface area contributed by atoms with Crippen molar-refractivity contribution in [3.8, 4) is 0 Å². The van der Waals surface area contributed by atoms with Crippen LogP contribution in [0.2, 0.25) is 5.02 Å². The lowest BCUT2D eigenvalue weighted by Gasteiger charge is -2.31. The number of nitrogens with one attached hydrogen (secondary N) is 1. The van der Waals surface area contributed by atoms with Crippen LogP contribution in [-0.2, 0) is 10.5 Å². The number of allylic oxidation sites excluding steroid dienone is 2. The number of anilines is 1. The van der Waals surface area contributed by atoms with Crippen molar-refractivity contribution in [3.05, 3.63) is 86.1 Å². The zero-order valence-corrected chi connectivity index (χ0v) is 18.4. The summed E-state index contributed by atoms with van der Waals surface area (Å²) >= 11 is 7.41. The minimum Gasteiger partial charge on any atom is -0.328 e. The lowest BCUT2D eigenvalue weighted by atomic mass is 9.85. The summed E-state index contributed by atoms with van der Waals surface area (Å²) < 4.78 is 1.61. The number of fused-ring (bicyclic) bond motifs is 1. The summed E-state index contributed by atoms with van der Waals surface area (Å²) in [6.45, 7) is 0. The van der Waals surface area contributed by atoms with E-state index in [-0.39, 0.29) is 11.5 Å². The average Bonchev–Trinajstić information content (AvgIpc) is 3.20. The van der Waals surface area contributed by atoms with Crippen LogP contribution in [0.15, 0.2) is 65.0 Å². The van der Waals surface area contributed by atoms with Gasteiger partial charge in [0.25, 0.3) is 5.69 Å². The van der Waals surface area contributed by atoms with Crippen molar-refractivity contribution in [1.82, 2.24) is 14.8 Å². The summed E-state index contributed by atoms with van der Waals surface area (Å²) in [5.74, 6) is 1.11. The molecular formula is C22H18ClN5O3S. The number of benzene rings is 2. The molecule has 162 valence electrons. The quantitative estimate of drug-likeness (QED) is 0.314. The highest BCUT2D eigenvalue weighted by molar-refractivity contribution is 7.98. The molecule has 1 aliphatic heterocycles. The van der Waals surface area contributed by atoms with E-state index in [0.717, 1.165) is 17.7 Å². The minimum absolute atomic E-state index is 0.0154. The molecule has 10 heteroatoms. The Morgan fingerprint density at radius 2 is 1.97 bits per heavy atom. The molecule has 1 aliphatic carbocycles.